The van der Waals surface area contributed by atoms with E-state index < -0.39 is 0 Å². The molecule has 16 heavy (non-hydrogen) atoms. The predicted molar refractivity (Wildman–Crippen MR) is 59.9 cm³/mol. The first-order valence-corrected chi connectivity index (χ1v) is 5.48. The van der Waals surface area contributed by atoms with Crippen LogP contribution in [0.4, 0.5) is 0 Å². The molecule has 4 nitrogen and oxygen atoms in total. The Morgan fingerprint density at radius 1 is 1.56 bits per heavy atom. The van der Waals surface area contributed by atoms with Crippen LogP contribution in [0.5, 0.6) is 5.75 Å². The Morgan fingerprint density at radius 2 is 2.50 bits per heavy atom. The lowest BCUT2D eigenvalue weighted by atomic mass is 10.1. The molecular formula is C12H14N2O2. The first-order chi connectivity index (χ1) is 7.90. The third kappa shape index (κ3) is 1.38. The van der Waals surface area contributed by atoms with Crippen molar-refractivity contribution in [3.05, 3.63) is 30.4 Å². The summed E-state index contributed by atoms with van der Waals surface area (Å²) in [6.45, 7) is 1.61. The quantitative estimate of drug-likeness (QED) is 0.771. The van der Waals surface area contributed by atoms with Crippen molar-refractivity contribution in [2.24, 2.45) is 0 Å². The van der Waals surface area contributed by atoms with E-state index in [2.05, 4.69) is 9.38 Å². The molecule has 0 spiro atoms. The van der Waals surface area contributed by atoms with Gasteiger partial charge in [0.25, 0.3) is 0 Å². The van der Waals surface area contributed by atoms with Gasteiger partial charge in [-0.2, -0.15) is 0 Å². The molecule has 3 heterocycles. The zero-order valence-corrected chi connectivity index (χ0v) is 9.22. The van der Waals surface area contributed by atoms with Crippen molar-refractivity contribution in [3.8, 4) is 5.75 Å². The Labute approximate surface area is 93.8 Å². The lowest BCUT2D eigenvalue weighted by Crippen LogP contribution is -2.03. The van der Waals surface area contributed by atoms with Crippen LogP contribution in [0.15, 0.2) is 24.5 Å². The number of methoxy groups -OCH3 is 1. The number of fused-ring (bicyclic) bond motifs is 1. The highest BCUT2D eigenvalue weighted by atomic mass is 16.5. The molecule has 0 N–H and O–H groups in total. The highest BCUT2D eigenvalue weighted by Crippen LogP contribution is 2.27. The Morgan fingerprint density at radius 3 is 3.25 bits per heavy atom. The minimum absolute atomic E-state index is 0.412. The number of rotatable bonds is 2. The molecule has 84 valence electrons. The summed E-state index contributed by atoms with van der Waals surface area (Å²) in [5.41, 5.74) is 1.02. The van der Waals surface area contributed by atoms with Gasteiger partial charge in [-0.15, -0.1) is 0 Å². The van der Waals surface area contributed by atoms with Crippen LogP contribution in [0, 0.1) is 0 Å². The van der Waals surface area contributed by atoms with Crippen LogP contribution in [-0.4, -0.2) is 29.7 Å². The topological polar surface area (TPSA) is 35.8 Å². The summed E-state index contributed by atoms with van der Waals surface area (Å²) in [6.07, 6.45) is 4.95. The number of imidazole rings is 1. The Kier molecular flexibility index (Phi) is 2.29. The molecule has 0 aromatic carbocycles. The lowest BCUT2D eigenvalue weighted by Gasteiger charge is -2.07. The highest BCUT2D eigenvalue weighted by molar-refractivity contribution is 5.59. The van der Waals surface area contributed by atoms with Crippen LogP contribution >= 0.6 is 0 Å². The van der Waals surface area contributed by atoms with Gasteiger partial charge in [-0.05, 0) is 18.6 Å². The van der Waals surface area contributed by atoms with Gasteiger partial charge in [0.05, 0.1) is 19.9 Å². The number of aromatic nitrogens is 2. The van der Waals surface area contributed by atoms with Crippen molar-refractivity contribution in [1.82, 2.24) is 9.38 Å². The lowest BCUT2D eigenvalue weighted by molar-refractivity contribution is 0.193. The van der Waals surface area contributed by atoms with Gasteiger partial charge in [0, 0.05) is 18.7 Å². The molecule has 2 aromatic rings. The van der Waals surface area contributed by atoms with Crippen molar-refractivity contribution in [1.29, 1.82) is 0 Å². The molecule has 1 fully saturated rings. The maximum atomic E-state index is 5.40. The summed E-state index contributed by atoms with van der Waals surface area (Å²) >= 11 is 0. The molecule has 0 bridgehead atoms. The fourth-order valence-electron chi connectivity index (χ4n) is 2.23. The van der Waals surface area contributed by atoms with E-state index in [1.54, 1.807) is 7.11 Å². The molecule has 1 atom stereocenters. The molecule has 3 rings (SSSR count). The van der Waals surface area contributed by atoms with E-state index in [9.17, 15) is 0 Å². The first kappa shape index (κ1) is 9.66. The van der Waals surface area contributed by atoms with Crippen molar-refractivity contribution < 1.29 is 9.47 Å². The van der Waals surface area contributed by atoms with E-state index in [-0.39, 0.29) is 0 Å². The van der Waals surface area contributed by atoms with Gasteiger partial charge >= 0.3 is 0 Å². The van der Waals surface area contributed by atoms with Gasteiger partial charge < -0.3 is 13.9 Å². The van der Waals surface area contributed by atoms with Crippen LogP contribution in [0.3, 0.4) is 0 Å². The fourth-order valence-corrected chi connectivity index (χ4v) is 2.23. The molecule has 0 aliphatic carbocycles. The van der Waals surface area contributed by atoms with Crippen LogP contribution < -0.4 is 4.74 Å². The van der Waals surface area contributed by atoms with E-state index >= 15 is 0 Å². The maximum Gasteiger partial charge on any atom is 0.144 e. The second-order valence-corrected chi connectivity index (χ2v) is 4.01. The van der Waals surface area contributed by atoms with Gasteiger partial charge in [0.15, 0.2) is 0 Å². The average Bonchev–Trinajstić information content (AvgIpc) is 2.96. The van der Waals surface area contributed by atoms with Crippen LogP contribution in [0.25, 0.3) is 5.52 Å². The molecule has 1 saturated heterocycles. The normalized spacial score (nSPS) is 20.4. The average molecular weight is 218 g/mol. The third-order valence-corrected chi connectivity index (χ3v) is 3.08. The molecule has 0 radical (unpaired) electrons. The van der Waals surface area contributed by atoms with Gasteiger partial charge in [0.2, 0.25) is 0 Å². The minimum Gasteiger partial charge on any atom is -0.494 e. The van der Waals surface area contributed by atoms with Crippen molar-refractivity contribution in [2.45, 2.75) is 12.3 Å². The number of nitrogens with zero attached hydrogens (tertiary/aromatic N) is 2. The monoisotopic (exact) mass is 218 g/mol. The van der Waals surface area contributed by atoms with Crippen LogP contribution in [0.1, 0.15) is 18.2 Å². The molecule has 1 aliphatic rings. The second-order valence-electron chi connectivity index (χ2n) is 4.01. The van der Waals surface area contributed by atoms with Crippen LogP contribution in [-0.2, 0) is 4.74 Å². The first-order valence-electron chi connectivity index (χ1n) is 5.48. The number of ether oxygens (including phenoxy) is 2. The number of hydrogen-bond acceptors (Lipinski definition) is 3. The van der Waals surface area contributed by atoms with Crippen LogP contribution in [0.2, 0.25) is 0 Å². The zero-order valence-electron chi connectivity index (χ0n) is 9.22. The van der Waals surface area contributed by atoms with E-state index in [4.69, 9.17) is 9.47 Å². The largest absolute Gasteiger partial charge is 0.494 e. The Bertz CT molecular complexity index is 501. The SMILES string of the molecule is COc1cccn2c(C3CCOC3)ncc12. The summed E-state index contributed by atoms with van der Waals surface area (Å²) in [7, 11) is 1.68. The maximum absolute atomic E-state index is 5.40. The number of hydrogen-bond donors (Lipinski definition) is 0. The summed E-state index contributed by atoms with van der Waals surface area (Å²) < 4.78 is 12.8. The molecule has 1 aliphatic heterocycles. The smallest absolute Gasteiger partial charge is 0.144 e. The van der Waals surface area contributed by atoms with E-state index in [1.165, 1.54) is 0 Å². The summed E-state index contributed by atoms with van der Waals surface area (Å²) in [4.78, 5) is 4.49. The van der Waals surface area contributed by atoms with Crippen molar-refractivity contribution >= 4 is 5.52 Å². The minimum atomic E-state index is 0.412. The van der Waals surface area contributed by atoms with E-state index in [1.807, 2.05) is 24.5 Å². The fraction of sp³-hybridized carbons (Fsp3) is 0.417. The molecule has 2 aromatic heterocycles. The molecule has 0 saturated carbocycles. The number of pyridine rings is 1. The van der Waals surface area contributed by atoms with Crippen molar-refractivity contribution in [3.63, 3.8) is 0 Å². The Hall–Kier alpha value is -1.55. The Balaban J connectivity index is 2.12. The molecule has 0 amide bonds. The molecule has 4 heteroatoms. The summed E-state index contributed by atoms with van der Waals surface area (Å²) in [5, 5.41) is 0. The van der Waals surface area contributed by atoms with E-state index in [0.29, 0.717) is 5.92 Å². The van der Waals surface area contributed by atoms with E-state index in [0.717, 1.165) is 36.7 Å². The summed E-state index contributed by atoms with van der Waals surface area (Å²) in [5.74, 6) is 2.35. The predicted octanol–water partition coefficient (Wildman–Crippen LogP) is 1.85. The van der Waals surface area contributed by atoms with Gasteiger partial charge in [0.1, 0.15) is 17.1 Å². The standard InChI is InChI=1S/C12H14N2O2/c1-15-11-3-2-5-14-10(11)7-13-12(14)9-4-6-16-8-9/h2-3,5,7,9H,4,6,8H2,1H3. The van der Waals surface area contributed by atoms with Crippen molar-refractivity contribution in [2.75, 3.05) is 20.3 Å². The molecular weight excluding hydrogens is 204 g/mol. The summed E-state index contributed by atoms with van der Waals surface area (Å²) in [6, 6.07) is 3.93. The second kappa shape index (κ2) is 3.79. The molecule has 1 unspecified atom stereocenters. The zero-order chi connectivity index (χ0) is 11.0. The van der Waals surface area contributed by atoms with Gasteiger partial charge in [-0.25, -0.2) is 4.98 Å². The highest BCUT2D eigenvalue weighted by Gasteiger charge is 2.22. The third-order valence-electron chi connectivity index (χ3n) is 3.08. The van der Waals surface area contributed by atoms with Gasteiger partial charge in [-0.1, -0.05) is 0 Å². The van der Waals surface area contributed by atoms with Gasteiger partial charge in [-0.3, -0.25) is 0 Å².